The Morgan fingerprint density at radius 1 is 1.53 bits per heavy atom. The van der Waals surface area contributed by atoms with E-state index in [9.17, 15) is 4.79 Å². The van der Waals surface area contributed by atoms with E-state index in [0.717, 1.165) is 11.4 Å². The number of carbonyl (C=O) groups is 1. The van der Waals surface area contributed by atoms with Crippen LogP contribution >= 0.6 is 0 Å². The fraction of sp³-hybridized carbons (Fsp3) is 0.545. The Bertz CT molecular complexity index is 393. The molecule has 0 spiro atoms. The quantitative estimate of drug-likeness (QED) is 0.729. The molecule has 0 radical (unpaired) electrons. The van der Waals surface area contributed by atoms with E-state index in [4.69, 9.17) is 10.5 Å². The zero-order valence-electron chi connectivity index (χ0n) is 9.72. The molecule has 1 amide bonds. The lowest BCUT2D eigenvalue weighted by molar-refractivity contribution is -0.125. The number of carbonyl (C=O) groups excluding carboxylic acids is 1. The summed E-state index contributed by atoms with van der Waals surface area (Å²) in [6.45, 7) is 3.08. The number of hydrogen-bond acceptors (Lipinski definition) is 5. The van der Waals surface area contributed by atoms with Gasteiger partial charge in [0.05, 0.1) is 43.3 Å². The minimum Gasteiger partial charge on any atom is -0.379 e. The summed E-state index contributed by atoms with van der Waals surface area (Å²) < 4.78 is 5.14. The minimum absolute atomic E-state index is 0.0858. The summed E-state index contributed by atoms with van der Waals surface area (Å²) in [5.74, 6) is -0.342. The zero-order valence-corrected chi connectivity index (χ0v) is 9.72. The van der Waals surface area contributed by atoms with Crippen molar-refractivity contribution in [1.82, 2.24) is 15.3 Å². The molecule has 17 heavy (non-hydrogen) atoms. The average Bonchev–Trinajstić information content (AvgIpc) is 2.74. The van der Waals surface area contributed by atoms with Crippen LogP contribution in [0.2, 0.25) is 0 Å². The van der Waals surface area contributed by atoms with Crippen molar-refractivity contribution in [1.29, 1.82) is 0 Å². The van der Waals surface area contributed by atoms with Crippen molar-refractivity contribution in [2.24, 2.45) is 11.7 Å². The topological polar surface area (TPSA) is 90.1 Å². The molecule has 0 saturated carbocycles. The van der Waals surface area contributed by atoms with Gasteiger partial charge < -0.3 is 15.8 Å². The van der Waals surface area contributed by atoms with Crippen molar-refractivity contribution < 1.29 is 9.53 Å². The van der Waals surface area contributed by atoms with Gasteiger partial charge in [0.15, 0.2) is 0 Å². The second-order valence-corrected chi connectivity index (χ2v) is 4.17. The molecule has 2 unspecified atom stereocenters. The summed E-state index contributed by atoms with van der Waals surface area (Å²) in [6.07, 6.45) is 3.33. The van der Waals surface area contributed by atoms with Crippen LogP contribution in [0.3, 0.4) is 0 Å². The summed E-state index contributed by atoms with van der Waals surface area (Å²) >= 11 is 0. The predicted molar refractivity (Wildman–Crippen MR) is 60.9 cm³/mol. The van der Waals surface area contributed by atoms with Gasteiger partial charge in [0.25, 0.3) is 0 Å². The lowest BCUT2D eigenvalue weighted by atomic mass is 10.0. The normalized spacial score (nSPS) is 23.6. The van der Waals surface area contributed by atoms with Crippen molar-refractivity contribution in [2.45, 2.75) is 19.5 Å². The van der Waals surface area contributed by atoms with E-state index in [-0.39, 0.29) is 17.9 Å². The number of ether oxygens (including phenoxy) is 1. The largest absolute Gasteiger partial charge is 0.379 e. The molecule has 3 N–H and O–H groups in total. The molecule has 0 aliphatic carbocycles. The summed E-state index contributed by atoms with van der Waals surface area (Å²) in [5, 5.41) is 2.79. The Morgan fingerprint density at radius 3 is 2.94 bits per heavy atom. The first-order valence-electron chi connectivity index (χ1n) is 5.55. The summed E-state index contributed by atoms with van der Waals surface area (Å²) in [4.78, 5) is 20.0. The molecule has 1 saturated heterocycles. The fourth-order valence-electron chi connectivity index (χ4n) is 1.66. The second-order valence-electron chi connectivity index (χ2n) is 4.17. The summed E-state index contributed by atoms with van der Waals surface area (Å²) in [5.41, 5.74) is 7.34. The molecule has 1 aromatic heterocycles. The van der Waals surface area contributed by atoms with E-state index in [1.54, 1.807) is 12.4 Å². The van der Waals surface area contributed by atoms with Crippen molar-refractivity contribution in [3.8, 4) is 0 Å². The van der Waals surface area contributed by atoms with Crippen LogP contribution in [0.25, 0.3) is 0 Å². The van der Waals surface area contributed by atoms with Crippen LogP contribution in [0.5, 0.6) is 0 Å². The first-order chi connectivity index (χ1) is 8.16. The van der Waals surface area contributed by atoms with E-state index in [1.165, 1.54) is 0 Å². The van der Waals surface area contributed by atoms with Crippen LogP contribution in [0.1, 0.15) is 11.4 Å². The molecule has 1 aliphatic heterocycles. The van der Waals surface area contributed by atoms with Gasteiger partial charge in [-0.2, -0.15) is 0 Å². The molecular formula is C11H16N4O2. The SMILES string of the molecule is Cc1cnc(CNC(=O)C2COCC2N)cn1. The van der Waals surface area contributed by atoms with Gasteiger partial charge in [-0.15, -0.1) is 0 Å². The maximum absolute atomic E-state index is 11.8. The van der Waals surface area contributed by atoms with Crippen molar-refractivity contribution >= 4 is 5.91 Å². The second kappa shape index (κ2) is 5.20. The van der Waals surface area contributed by atoms with Gasteiger partial charge in [-0.25, -0.2) is 0 Å². The molecule has 6 heteroatoms. The average molecular weight is 236 g/mol. The van der Waals surface area contributed by atoms with Crippen molar-refractivity contribution in [3.05, 3.63) is 23.8 Å². The smallest absolute Gasteiger partial charge is 0.227 e. The maximum atomic E-state index is 11.8. The third-order valence-corrected chi connectivity index (χ3v) is 2.74. The van der Waals surface area contributed by atoms with Gasteiger partial charge in [-0.3, -0.25) is 14.8 Å². The van der Waals surface area contributed by atoms with Crippen LogP contribution in [-0.4, -0.2) is 35.1 Å². The molecule has 2 rings (SSSR count). The Hall–Kier alpha value is -1.53. The minimum atomic E-state index is -0.256. The molecule has 1 fully saturated rings. The number of nitrogens with zero attached hydrogens (tertiary/aromatic N) is 2. The summed E-state index contributed by atoms with van der Waals surface area (Å²) in [7, 11) is 0. The number of aryl methyl sites for hydroxylation is 1. The third-order valence-electron chi connectivity index (χ3n) is 2.74. The van der Waals surface area contributed by atoms with Crippen molar-refractivity contribution in [2.75, 3.05) is 13.2 Å². The lowest BCUT2D eigenvalue weighted by Gasteiger charge is -2.12. The number of nitrogens with two attached hydrogens (primary N) is 1. The number of nitrogens with one attached hydrogen (secondary N) is 1. The summed E-state index contributed by atoms with van der Waals surface area (Å²) in [6, 6.07) is -0.209. The van der Waals surface area contributed by atoms with Gasteiger partial charge >= 0.3 is 0 Å². The number of hydrogen-bond donors (Lipinski definition) is 2. The van der Waals surface area contributed by atoms with Crippen LogP contribution in [0, 0.1) is 12.8 Å². The van der Waals surface area contributed by atoms with Crippen LogP contribution in [0.4, 0.5) is 0 Å². The van der Waals surface area contributed by atoms with E-state index in [0.29, 0.717) is 19.8 Å². The monoisotopic (exact) mass is 236 g/mol. The van der Waals surface area contributed by atoms with Crippen LogP contribution < -0.4 is 11.1 Å². The first kappa shape index (κ1) is 11.9. The zero-order chi connectivity index (χ0) is 12.3. The van der Waals surface area contributed by atoms with E-state index in [2.05, 4.69) is 15.3 Å². The molecule has 1 aliphatic rings. The highest BCUT2D eigenvalue weighted by Crippen LogP contribution is 2.11. The van der Waals surface area contributed by atoms with Gasteiger partial charge in [0, 0.05) is 12.2 Å². The van der Waals surface area contributed by atoms with Crippen LogP contribution in [-0.2, 0) is 16.1 Å². The first-order valence-corrected chi connectivity index (χ1v) is 5.55. The molecular weight excluding hydrogens is 220 g/mol. The molecule has 92 valence electrons. The molecule has 0 aromatic carbocycles. The van der Waals surface area contributed by atoms with Crippen molar-refractivity contribution in [3.63, 3.8) is 0 Å². The predicted octanol–water partition coefficient (Wildman–Crippen LogP) is -0.625. The van der Waals surface area contributed by atoms with E-state index < -0.39 is 0 Å². The molecule has 2 heterocycles. The highest BCUT2D eigenvalue weighted by molar-refractivity contribution is 5.79. The van der Waals surface area contributed by atoms with E-state index >= 15 is 0 Å². The molecule has 1 aromatic rings. The Labute approximate surface area is 99.6 Å². The Kier molecular flexibility index (Phi) is 3.65. The third kappa shape index (κ3) is 2.98. The Balaban J connectivity index is 1.85. The standard InChI is InChI=1S/C11H16N4O2/c1-7-2-14-8(3-13-7)4-15-11(16)9-5-17-6-10(9)12/h2-3,9-10H,4-6,12H2,1H3,(H,15,16). The highest BCUT2D eigenvalue weighted by atomic mass is 16.5. The molecule has 0 bridgehead atoms. The molecule has 2 atom stereocenters. The number of aromatic nitrogens is 2. The van der Waals surface area contributed by atoms with E-state index in [1.807, 2.05) is 6.92 Å². The molecule has 6 nitrogen and oxygen atoms in total. The van der Waals surface area contributed by atoms with Gasteiger partial charge in [-0.1, -0.05) is 0 Å². The fourth-order valence-corrected chi connectivity index (χ4v) is 1.66. The van der Waals surface area contributed by atoms with Gasteiger partial charge in [-0.05, 0) is 6.92 Å². The van der Waals surface area contributed by atoms with Gasteiger partial charge in [0.1, 0.15) is 0 Å². The number of amides is 1. The lowest BCUT2D eigenvalue weighted by Crippen LogP contribution is -2.40. The van der Waals surface area contributed by atoms with Crippen LogP contribution in [0.15, 0.2) is 12.4 Å². The van der Waals surface area contributed by atoms with Gasteiger partial charge in [0.2, 0.25) is 5.91 Å². The Morgan fingerprint density at radius 2 is 2.35 bits per heavy atom. The maximum Gasteiger partial charge on any atom is 0.227 e. The number of rotatable bonds is 3. The highest BCUT2D eigenvalue weighted by Gasteiger charge is 2.30.